The Morgan fingerprint density at radius 1 is 1.50 bits per heavy atom. The topological polar surface area (TPSA) is 9.23 Å². The minimum atomic E-state index is -0.115. The smallest absolute Gasteiger partial charge is 0.142 e. The third-order valence-corrected chi connectivity index (χ3v) is 3.01. The number of benzene rings is 1. The van der Waals surface area contributed by atoms with Crippen LogP contribution >= 0.6 is 11.6 Å². The van der Waals surface area contributed by atoms with Crippen LogP contribution in [0, 0.1) is 12.3 Å². The normalized spacial score (nSPS) is 17.2. The predicted molar refractivity (Wildman–Crippen MR) is 57.7 cm³/mol. The third kappa shape index (κ3) is 1.27. The third-order valence-electron chi connectivity index (χ3n) is 2.71. The highest BCUT2D eigenvalue weighted by Crippen LogP contribution is 2.51. The van der Waals surface area contributed by atoms with Crippen LogP contribution in [0.15, 0.2) is 18.2 Å². The van der Waals surface area contributed by atoms with Crippen molar-refractivity contribution in [3.05, 3.63) is 28.8 Å². The largest absolute Gasteiger partial charge is 0.495 e. The van der Waals surface area contributed by atoms with Gasteiger partial charge >= 0.3 is 0 Å². The molecule has 0 atom stereocenters. The van der Waals surface area contributed by atoms with Crippen LogP contribution in [-0.4, -0.2) is 7.11 Å². The summed E-state index contributed by atoms with van der Waals surface area (Å²) in [4.78, 5) is 0. The van der Waals surface area contributed by atoms with Crippen molar-refractivity contribution in [1.29, 1.82) is 0 Å². The highest BCUT2D eigenvalue weighted by molar-refractivity contribution is 6.32. The minimum absolute atomic E-state index is 0.115. The molecule has 1 nitrogen and oxygen atoms in total. The van der Waals surface area contributed by atoms with Crippen LogP contribution in [0.2, 0.25) is 5.02 Å². The second kappa shape index (κ2) is 3.22. The molecule has 0 heterocycles. The zero-order chi connectivity index (χ0) is 10.2. The molecule has 0 radical (unpaired) electrons. The molecule has 72 valence electrons. The van der Waals surface area contributed by atoms with Gasteiger partial charge in [0.2, 0.25) is 0 Å². The van der Waals surface area contributed by atoms with Crippen LogP contribution < -0.4 is 4.74 Å². The fourth-order valence-electron chi connectivity index (χ4n) is 1.71. The van der Waals surface area contributed by atoms with Crippen LogP contribution in [0.3, 0.4) is 0 Å². The SMILES string of the molecule is C#CC1(c2cccc(Cl)c2OC)CC1. The molecule has 0 aromatic heterocycles. The standard InChI is InChI=1S/C12H11ClO/c1-3-12(7-8-12)9-5-4-6-10(13)11(9)14-2/h1,4-6H,7-8H2,2H3. The maximum Gasteiger partial charge on any atom is 0.142 e. The zero-order valence-electron chi connectivity index (χ0n) is 8.01. The van der Waals surface area contributed by atoms with Crippen LogP contribution in [0.5, 0.6) is 5.75 Å². The Balaban J connectivity index is 2.54. The zero-order valence-corrected chi connectivity index (χ0v) is 8.77. The summed E-state index contributed by atoms with van der Waals surface area (Å²) >= 11 is 6.03. The van der Waals surface area contributed by atoms with Crippen molar-refractivity contribution in [2.75, 3.05) is 7.11 Å². The van der Waals surface area contributed by atoms with E-state index in [0.29, 0.717) is 5.02 Å². The summed E-state index contributed by atoms with van der Waals surface area (Å²) in [6.07, 6.45) is 7.58. The maximum atomic E-state index is 6.03. The lowest BCUT2D eigenvalue weighted by atomic mass is 9.96. The molecule has 1 aromatic rings. The molecule has 0 unspecified atom stereocenters. The van der Waals surface area contributed by atoms with E-state index in [1.807, 2.05) is 18.2 Å². The molecule has 1 aliphatic rings. The van der Waals surface area contributed by atoms with E-state index in [-0.39, 0.29) is 5.41 Å². The summed E-state index contributed by atoms with van der Waals surface area (Å²) in [6, 6.07) is 5.73. The number of hydrogen-bond acceptors (Lipinski definition) is 1. The first-order valence-corrected chi connectivity index (χ1v) is 4.92. The number of ether oxygens (including phenoxy) is 1. The Kier molecular flexibility index (Phi) is 2.17. The number of halogens is 1. The Morgan fingerprint density at radius 2 is 2.21 bits per heavy atom. The van der Waals surface area contributed by atoms with E-state index in [1.54, 1.807) is 7.11 Å². The lowest BCUT2D eigenvalue weighted by Crippen LogP contribution is -2.05. The molecular weight excluding hydrogens is 196 g/mol. The molecule has 0 spiro atoms. The van der Waals surface area contributed by atoms with Crippen LogP contribution in [0.1, 0.15) is 18.4 Å². The van der Waals surface area contributed by atoms with Gasteiger partial charge in [-0.1, -0.05) is 29.7 Å². The Bertz CT molecular complexity index is 399. The van der Waals surface area contributed by atoms with Crippen molar-refractivity contribution in [2.24, 2.45) is 0 Å². The summed E-state index contributed by atoms with van der Waals surface area (Å²) in [5.41, 5.74) is 0.936. The molecule has 0 amide bonds. The molecule has 1 aromatic carbocycles. The number of terminal acetylenes is 1. The first kappa shape index (κ1) is 9.43. The molecule has 2 heteroatoms. The molecule has 0 bridgehead atoms. The lowest BCUT2D eigenvalue weighted by molar-refractivity contribution is 0.408. The second-order valence-corrected chi connectivity index (χ2v) is 3.95. The molecule has 0 N–H and O–H groups in total. The summed E-state index contributed by atoms with van der Waals surface area (Å²) in [5.74, 6) is 3.56. The van der Waals surface area contributed by atoms with Gasteiger partial charge in [-0.05, 0) is 18.9 Å². The lowest BCUT2D eigenvalue weighted by Gasteiger charge is -2.14. The van der Waals surface area contributed by atoms with Gasteiger partial charge in [0.1, 0.15) is 5.75 Å². The predicted octanol–water partition coefficient (Wildman–Crippen LogP) is 3.01. The van der Waals surface area contributed by atoms with E-state index >= 15 is 0 Å². The second-order valence-electron chi connectivity index (χ2n) is 3.55. The van der Waals surface area contributed by atoms with Gasteiger partial charge in [-0.25, -0.2) is 0 Å². The van der Waals surface area contributed by atoms with E-state index in [9.17, 15) is 0 Å². The fourth-order valence-corrected chi connectivity index (χ4v) is 1.96. The Labute approximate surface area is 89.0 Å². The van der Waals surface area contributed by atoms with Gasteiger partial charge in [0, 0.05) is 5.56 Å². The van der Waals surface area contributed by atoms with Gasteiger partial charge in [0.25, 0.3) is 0 Å². The van der Waals surface area contributed by atoms with Crippen LogP contribution in [0.25, 0.3) is 0 Å². The number of hydrogen-bond donors (Lipinski definition) is 0. The molecule has 1 saturated carbocycles. The Hall–Kier alpha value is -1.13. The molecule has 1 aliphatic carbocycles. The molecule has 14 heavy (non-hydrogen) atoms. The minimum Gasteiger partial charge on any atom is -0.495 e. The monoisotopic (exact) mass is 206 g/mol. The summed E-state index contributed by atoms with van der Waals surface area (Å²) < 4.78 is 5.28. The van der Waals surface area contributed by atoms with Gasteiger partial charge in [-0.3, -0.25) is 0 Å². The molecule has 0 saturated heterocycles. The number of methoxy groups -OCH3 is 1. The van der Waals surface area contributed by atoms with Crippen molar-refractivity contribution in [1.82, 2.24) is 0 Å². The van der Waals surface area contributed by atoms with Crippen molar-refractivity contribution in [2.45, 2.75) is 18.3 Å². The fraction of sp³-hybridized carbons (Fsp3) is 0.333. The van der Waals surface area contributed by atoms with Crippen molar-refractivity contribution in [3.8, 4) is 18.1 Å². The quantitative estimate of drug-likeness (QED) is 0.676. The van der Waals surface area contributed by atoms with E-state index < -0.39 is 0 Å². The molecule has 0 aliphatic heterocycles. The average molecular weight is 207 g/mol. The molecule has 1 fully saturated rings. The van der Waals surface area contributed by atoms with Gasteiger partial charge in [0.15, 0.2) is 0 Å². The highest BCUT2D eigenvalue weighted by atomic mass is 35.5. The van der Waals surface area contributed by atoms with Gasteiger partial charge < -0.3 is 4.74 Å². The Morgan fingerprint density at radius 3 is 2.71 bits per heavy atom. The molecular formula is C12H11ClO. The van der Waals surface area contributed by atoms with E-state index in [0.717, 1.165) is 24.2 Å². The van der Waals surface area contributed by atoms with Crippen molar-refractivity contribution in [3.63, 3.8) is 0 Å². The first-order chi connectivity index (χ1) is 6.73. The van der Waals surface area contributed by atoms with E-state index in [2.05, 4.69) is 5.92 Å². The van der Waals surface area contributed by atoms with E-state index in [4.69, 9.17) is 22.8 Å². The van der Waals surface area contributed by atoms with E-state index in [1.165, 1.54) is 0 Å². The number of para-hydroxylation sites is 1. The van der Waals surface area contributed by atoms with Crippen molar-refractivity contribution >= 4 is 11.6 Å². The summed E-state index contributed by atoms with van der Waals surface area (Å²) in [7, 11) is 1.62. The summed E-state index contributed by atoms with van der Waals surface area (Å²) in [5, 5.41) is 0.631. The van der Waals surface area contributed by atoms with Gasteiger partial charge in [-0.2, -0.15) is 0 Å². The number of rotatable bonds is 2. The van der Waals surface area contributed by atoms with Gasteiger partial charge in [-0.15, -0.1) is 6.42 Å². The van der Waals surface area contributed by atoms with Crippen LogP contribution in [0.4, 0.5) is 0 Å². The summed E-state index contributed by atoms with van der Waals surface area (Å²) in [6.45, 7) is 0. The first-order valence-electron chi connectivity index (χ1n) is 4.54. The molecule has 2 rings (SSSR count). The van der Waals surface area contributed by atoms with Crippen molar-refractivity contribution < 1.29 is 4.74 Å². The highest BCUT2D eigenvalue weighted by Gasteiger charge is 2.44. The van der Waals surface area contributed by atoms with Crippen LogP contribution in [-0.2, 0) is 5.41 Å². The average Bonchev–Trinajstić information content (AvgIpc) is 2.98. The maximum absolute atomic E-state index is 6.03. The van der Waals surface area contributed by atoms with Gasteiger partial charge in [0.05, 0.1) is 17.5 Å².